The van der Waals surface area contributed by atoms with Gasteiger partial charge in [-0.3, -0.25) is 10.1 Å². The lowest BCUT2D eigenvalue weighted by Crippen LogP contribution is -2.34. The molecule has 124 valence electrons. The molecule has 9 heteroatoms. The number of thiocarbonyl (C=S) groups is 1. The summed E-state index contributed by atoms with van der Waals surface area (Å²) >= 11 is 11.3. The number of amides is 1. The number of hydrogen-bond acceptors (Lipinski definition) is 3. The van der Waals surface area contributed by atoms with Gasteiger partial charge in [-0.05, 0) is 110 Å². The summed E-state index contributed by atoms with van der Waals surface area (Å²) in [5.41, 5.74) is 0.926. The molecule has 0 atom stereocenters. The predicted molar refractivity (Wildman–Crippen MR) is 122 cm³/mol. The SMILES string of the molecule is O=C(NC(=S)Nc1c(I)cc(I)cc1C(=O)O)c1cccc(I)c1. The monoisotopic (exact) mass is 678 g/mol. The fourth-order valence-corrected chi connectivity index (χ4v) is 4.54. The van der Waals surface area contributed by atoms with Gasteiger partial charge in [0.05, 0.1) is 11.3 Å². The van der Waals surface area contributed by atoms with Crippen molar-refractivity contribution in [1.29, 1.82) is 0 Å². The number of aromatic carboxylic acids is 1. The Bertz CT molecular complexity index is 843. The van der Waals surface area contributed by atoms with Crippen LogP contribution in [-0.2, 0) is 0 Å². The first-order chi connectivity index (χ1) is 11.3. The van der Waals surface area contributed by atoms with Crippen molar-refractivity contribution < 1.29 is 14.7 Å². The molecule has 0 aliphatic heterocycles. The van der Waals surface area contributed by atoms with Gasteiger partial charge in [-0.1, -0.05) is 6.07 Å². The quantitative estimate of drug-likeness (QED) is 0.333. The molecule has 0 saturated carbocycles. The van der Waals surface area contributed by atoms with Crippen LogP contribution in [-0.4, -0.2) is 22.1 Å². The Kier molecular flexibility index (Phi) is 7.18. The number of carbonyl (C=O) groups excluding carboxylic acids is 1. The van der Waals surface area contributed by atoms with Crippen LogP contribution in [0.5, 0.6) is 0 Å². The summed E-state index contributed by atoms with van der Waals surface area (Å²) in [5, 5.41) is 14.8. The molecule has 3 N–H and O–H groups in total. The molecule has 2 aromatic carbocycles. The van der Waals surface area contributed by atoms with Crippen LogP contribution in [0.25, 0.3) is 0 Å². The Hall–Kier alpha value is -0.540. The van der Waals surface area contributed by atoms with Crippen LogP contribution in [0.2, 0.25) is 0 Å². The van der Waals surface area contributed by atoms with Crippen molar-refractivity contribution >= 4 is 103 Å². The molecule has 0 spiro atoms. The molecule has 0 unspecified atom stereocenters. The minimum atomic E-state index is -1.07. The van der Waals surface area contributed by atoms with Crippen LogP contribution in [0, 0.1) is 10.7 Å². The highest BCUT2D eigenvalue weighted by Crippen LogP contribution is 2.26. The first-order valence-electron chi connectivity index (χ1n) is 6.38. The van der Waals surface area contributed by atoms with E-state index in [4.69, 9.17) is 12.2 Å². The third-order valence-corrected chi connectivity index (χ3v) is 5.19. The molecule has 0 bridgehead atoms. The fourth-order valence-electron chi connectivity index (χ4n) is 1.82. The minimum absolute atomic E-state index is 0.0421. The summed E-state index contributed by atoms with van der Waals surface area (Å²) in [6.45, 7) is 0. The Morgan fingerprint density at radius 2 is 1.75 bits per heavy atom. The summed E-state index contributed by atoms with van der Waals surface area (Å²) in [6, 6.07) is 10.4. The van der Waals surface area contributed by atoms with E-state index in [1.807, 2.05) is 57.3 Å². The van der Waals surface area contributed by atoms with E-state index < -0.39 is 5.97 Å². The highest BCUT2D eigenvalue weighted by atomic mass is 127. The highest BCUT2D eigenvalue weighted by molar-refractivity contribution is 14.1. The number of carboxylic acids is 1. The van der Waals surface area contributed by atoms with Gasteiger partial charge in [0.15, 0.2) is 5.11 Å². The average molecular weight is 678 g/mol. The largest absolute Gasteiger partial charge is 0.478 e. The van der Waals surface area contributed by atoms with Crippen LogP contribution in [0.3, 0.4) is 0 Å². The summed E-state index contributed by atoms with van der Waals surface area (Å²) in [4.78, 5) is 23.6. The van der Waals surface area contributed by atoms with Crippen LogP contribution in [0.4, 0.5) is 5.69 Å². The molecule has 0 aromatic heterocycles. The molecule has 0 aliphatic carbocycles. The molecular formula is C15H9I3N2O3S. The van der Waals surface area contributed by atoms with Crippen molar-refractivity contribution in [2.45, 2.75) is 0 Å². The third kappa shape index (κ3) is 5.23. The van der Waals surface area contributed by atoms with E-state index in [0.717, 1.165) is 7.14 Å². The Balaban J connectivity index is 2.18. The molecule has 2 aromatic rings. The first-order valence-corrected chi connectivity index (χ1v) is 10.0. The molecule has 1 amide bonds. The van der Waals surface area contributed by atoms with Crippen molar-refractivity contribution in [3.63, 3.8) is 0 Å². The van der Waals surface area contributed by atoms with Gasteiger partial charge in [0, 0.05) is 16.3 Å². The number of nitrogens with one attached hydrogen (secondary N) is 2. The van der Waals surface area contributed by atoms with E-state index in [1.165, 1.54) is 6.07 Å². The topological polar surface area (TPSA) is 78.4 Å². The lowest BCUT2D eigenvalue weighted by atomic mass is 10.2. The second-order valence-corrected chi connectivity index (χ2v) is 8.60. The van der Waals surface area contributed by atoms with Crippen molar-refractivity contribution in [2.24, 2.45) is 0 Å². The molecule has 0 heterocycles. The number of halogens is 3. The molecular weight excluding hydrogens is 669 g/mol. The fraction of sp³-hybridized carbons (Fsp3) is 0. The lowest BCUT2D eigenvalue weighted by molar-refractivity contribution is 0.0697. The van der Waals surface area contributed by atoms with E-state index in [0.29, 0.717) is 14.8 Å². The van der Waals surface area contributed by atoms with Gasteiger partial charge in [-0.15, -0.1) is 0 Å². The zero-order chi connectivity index (χ0) is 17.9. The number of carbonyl (C=O) groups is 2. The maximum absolute atomic E-state index is 12.2. The van der Waals surface area contributed by atoms with Crippen LogP contribution in [0.1, 0.15) is 20.7 Å². The zero-order valence-corrected chi connectivity index (χ0v) is 19.1. The van der Waals surface area contributed by atoms with Gasteiger partial charge in [0.25, 0.3) is 5.91 Å². The van der Waals surface area contributed by atoms with Crippen LogP contribution >= 0.6 is 80.0 Å². The van der Waals surface area contributed by atoms with E-state index in [9.17, 15) is 14.7 Å². The molecule has 2 rings (SSSR count). The lowest BCUT2D eigenvalue weighted by Gasteiger charge is -2.14. The van der Waals surface area contributed by atoms with Crippen molar-refractivity contribution in [3.8, 4) is 0 Å². The predicted octanol–water partition coefficient (Wildman–Crippen LogP) is 4.33. The van der Waals surface area contributed by atoms with Crippen molar-refractivity contribution in [2.75, 3.05) is 5.32 Å². The third-order valence-electron chi connectivity index (χ3n) is 2.84. The summed E-state index contributed by atoms with van der Waals surface area (Å²) in [6.07, 6.45) is 0. The van der Waals surface area contributed by atoms with E-state index >= 15 is 0 Å². The van der Waals surface area contributed by atoms with Gasteiger partial charge >= 0.3 is 5.97 Å². The highest BCUT2D eigenvalue weighted by Gasteiger charge is 2.17. The number of hydrogen-bond donors (Lipinski definition) is 3. The normalized spacial score (nSPS) is 10.1. The molecule has 5 nitrogen and oxygen atoms in total. The Labute approximate surface area is 184 Å². The second-order valence-electron chi connectivity index (χ2n) is 4.53. The molecule has 0 fully saturated rings. The summed E-state index contributed by atoms with van der Waals surface area (Å²) < 4.78 is 2.43. The first kappa shape index (κ1) is 19.8. The van der Waals surface area contributed by atoms with E-state index in [2.05, 4.69) is 33.2 Å². The summed E-state index contributed by atoms with van der Waals surface area (Å²) in [7, 11) is 0. The number of anilines is 1. The average Bonchev–Trinajstić information content (AvgIpc) is 2.49. The molecule has 0 radical (unpaired) electrons. The smallest absolute Gasteiger partial charge is 0.337 e. The minimum Gasteiger partial charge on any atom is -0.478 e. The van der Waals surface area contributed by atoms with Crippen LogP contribution < -0.4 is 10.6 Å². The van der Waals surface area contributed by atoms with Gasteiger partial charge in [-0.2, -0.15) is 0 Å². The standard InChI is InChI=1S/C15H9I3N2O3S/c16-8-3-1-2-7(4-8)13(21)20-15(24)19-12-10(14(22)23)5-9(17)6-11(12)18/h1-6H,(H,22,23)(H2,19,20,21,24). The van der Waals surface area contributed by atoms with Crippen molar-refractivity contribution in [1.82, 2.24) is 5.32 Å². The number of benzene rings is 2. The van der Waals surface area contributed by atoms with Gasteiger partial charge < -0.3 is 10.4 Å². The van der Waals surface area contributed by atoms with Gasteiger partial charge in [0.1, 0.15) is 0 Å². The molecule has 0 aliphatic rings. The Morgan fingerprint density at radius 1 is 1.04 bits per heavy atom. The molecule has 0 saturated heterocycles. The number of rotatable bonds is 3. The zero-order valence-electron chi connectivity index (χ0n) is 11.8. The van der Waals surface area contributed by atoms with Gasteiger partial charge in [0.2, 0.25) is 0 Å². The maximum atomic E-state index is 12.2. The maximum Gasteiger partial charge on any atom is 0.337 e. The van der Waals surface area contributed by atoms with Gasteiger partial charge in [-0.25, -0.2) is 4.79 Å². The molecule has 24 heavy (non-hydrogen) atoms. The van der Waals surface area contributed by atoms with Crippen molar-refractivity contribution in [3.05, 3.63) is 58.2 Å². The second kappa shape index (κ2) is 8.71. The van der Waals surface area contributed by atoms with Crippen LogP contribution in [0.15, 0.2) is 36.4 Å². The van der Waals surface area contributed by atoms with E-state index in [1.54, 1.807) is 18.2 Å². The summed E-state index contributed by atoms with van der Waals surface area (Å²) in [5.74, 6) is -1.43. The van der Waals surface area contributed by atoms with E-state index in [-0.39, 0.29) is 16.6 Å². The Morgan fingerprint density at radius 3 is 2.38 bits per heavy atom. The number of carboxylic acid groups (broad SMARTS) is 1.